The van der Waals surface area contributed by atoms with Gasteiger partial charge in [-0.2, -0.15) is 0 Å². The number of anilines is 1. The number of hydrogen-bond donors (Lipinski definition) is 3. The van der Waals surface area contributed by atoms with Crippen molar-refractivity contribution in [1.29, 1.82) is 0 Å². The zero-order chi connectivity index (χ0) is 17.5. The molecule has 2 atom stereocenters. The SMILES string of the molecule is CCc1ccc(NC(=O)C(=O)NCC2CCCC(O)C2)cc1CC. The summed E-state index contributed by atoms with van der Waals surface area (Å²) < 4.78 is 0. The van der Waals surface area contributed by atoms with Crippen molar-refractivity contribution in [3.05, 3.63) is 29.3 Å². The predicted octanol–water partition coefficient (Wildman–Crippen LogP) is 2.42. The molecule has 1 saturated carbocycles. The number of aryl methyl sites for hydroxylation is 2. The minimum Gasteiger partial charge on any atom is -0.393 e. The van der Waals surface area contributed by atoms with Gasteiger partial charge in [-0.15, -0.1) is 0 Å². The highest BCUT2D eigenvalue weighted by atomic mass is 16.3. The number of benzene rings is 1. The van der Waals surface area contributed by atoms with Gasteiger partial charge < -0.3 is 15.7 Å². The van der Waals surface area contributed by atoms with Crippen LogP contribution in [-0.4, -0.2) is 29.6 Å². The van der Waals surface area contributed by atoms with E-state index in [2.05, 4.69) is 24.5 Å². The molecule has 3 N–H and O–H groups in total. The molecule has 0 heterocycles. The molecule has 1 fully saturated rings. The van der Waals surface area contributed by atoms with Crippen molar-refractivity contribution in [2.24, 2.45) is 5.92 Å². The summed E-state index contributed by atoms with van der Waals surface area (Å²) in [5.41, 5.74) is 3.10. The van der Waals surface area contributed by atoms with Gasteiger partial charge in [-0.1, -0.05) is 26.3 Å². The van der Waals surface area contributed by atoms with Gasteiger partial charge in [0.05, 0.1) is 6.10 Å². The molecule has 1 aliphatic carbocycles. The Labute approximate surface area is 143 Å². The molecule has 2 rings (SSSR count). The highest BCUT2D eigenvalue weighted by Crippen LogP contribution is 2.23. The van der Waals surface area contributed by atoms with Gasteiger partial charge in [-0.3, -0.25) is 9.59 Å². The Morgan fingerprint density at radius 1 is 1.12 bits per heavy atom. The van der Waals surface area contributed by atoms with E-state index in [4.69, 9.17) is 0 Å². The predicted molar refractivity (Wildman–Crippen MR) is 94.8 cm³/mol. The van der Waals surface area contributed by atoms with Gasteiger partial charge in [0, 0.05) is 12.2 Å². The number of carbonyl (C=O) groups excluding carboxylic acids is 2. The third-order valence-electron chi connectivity index (χ3n) is 4.74. The second-order valence-electron chi connectivity index (χ2n) is 6.54. The van der Waals surface area contributed by atoms with Crippen LogP contribution >= 0.6 is 0 Å². The number of hydrogen-bond acceptors (Lipinski definition) is 3. The molecule has 0 bridgehead atoms. The summed E-state index contributed by atoms with van der Waals surface area (Å²) in [6.45, 7) is 4.62. The minimum atomic E-state index is -0.641. The number of rotatable bonds is 5. The zero-order valence-electron chi connectivity index (χ0n) is 14.6. The summed E-state index contributed by atoms with van der Waals surface area (Å²) in [6.07, 6.45) is 5.04. The van der Waals surface area contributed by atoms with Gasteiger partial charge in [0.25, 0.3) is 0 Å². The highest BCUT2D eigenvalue weighted by Gasteiger charge is 2.22. The Bertz CT molecular complexity index is 586. The first-order chi connectivity index (χ1) is 11.5. The van der Waals surface area contributed by atoms with Crippen molar-refractivity contribution < 1.29 is 14.7 Å². The molecule has 0 radical (unpaired) electrons. The van der Waals surface area contributed by atoms with E-state index >= 15 is 0 Å². The molecule has 1 aromatic rings. The molecule has 2 amide bonds. The first-order valence-electron chi connectivity index (χ1n) is 8.92. The van der Waals surface area contributed by atoms with Gasteiger partial charge in [-0.25, -0.2) is 0 Å². The molecule has 1 aliphatic rings. The largest absolute Gasteiger partial charge is 0.393 e. The van der Waals surface area contributed by atoms with Gasteiger partial charge in [0.1, 0.15) is 0 Å². The van der Waals surface area contributed by atoms with Crippen LogP contribution in [0.1, 0.15) is 50.7 Å². The fourth-order valence-corrected chi connectivity index (χ4v) is 3.33. The lowest BCUT2D eigenvalue weighted by Crippen LogP contribution is -2.39. The average Bonchev–Trinajstić information content (AvgIpc) is 2.59. The van der Waals surface area contributed by atoms with Crippen molar-refractivity contribution in [1.82, 2.24) is 5.32 Å². The minimum absolute atomic E-state index is 0.251. The smallest absolute Gasteiger partial charge is 0.313 e. The molecular formula is C19H28N2O3. The van der Waals surface area contributed by atoms with Gasteiger partial charge in [-0.05, 0) is 61.3 Å². The van der Waals surface area contributed by atoms with E-state index in [0.29, 0.717) is 18.7 Å². The normalized spacial score (nSPS) is 20.5. The third-order valence-corrected chi connectivity index (χ3v) is 4.74. The summed E-state index contributed by atoms with van der Waals surface area (Å²) in [5.74, 6) is -1.01. The van der Waals surface area contributed by atoms with Crippen LogP contribution in [0.5, 0.6) is 0 Å². The van der Waals surface area contributed by atoms with Crippen molar-refractivity contribution in [3.63, 3.8) is 0 Å². The Hall–Kier alpha value is -1.88. The molecule has 5 heteroatoms. The van der Waals surface area contributed by atoms with Crippen molar-refractivity contribution in [2.75, 3.05) is 11.9 Å². The second-order valence-corrected chi connectivity index (χ2v) is 6.54. The van der Waals surface area contributed by atoms with Gasteiger partial charge in [0.2, 0.25) is 0 Å². The summed E-state index contributed by atoms with van der Waals surface area (Å²) >= 11 is 0. The maximum Gasteiger partial charge on any atom is 0.313 e. The Kier molecular flexibility index (Phi) is 6.79. The lowest BCUT2D eigenvalue weighted by molar-refractivity contribution is -0.136. The van der Waals surface area contributed by atoms with Crippen LogP contribution in [-0.2, 0) is 22.4 Å². The van der Waals surface area contributed by atoms with E-state index < -0.39 is 11.8 Å². The molecule has 1 aromatic carbocycles. The number of nitrogens with one attached hydrogen (secondary N) is 2. The monoisotopic (exact) mass is 332 g/mol. The average molecular weight is 332 g/mol. The molecule has 0 aliphatic heterocycles. The summed E-state index contributed by atoms with van der Waals surface area (Å²) in [7, 11) is 0. The van der Waals surface area contributed by atoms with Crippen LogP contribution in [0.15, 0.2) is 18.2 Å². The van der Waals surface area contributed by atoms with Gasteiger partial charge in [0.15, 0.2) is 0 Å². The van der Waals surface area contributed by atoms with E-state index in [1.54, 1.807) is 0 Å². The molecule has 132 valence electrons. The molecule has 0 saturated heterocycles. The van der Waals surface area contributed by atoms with E-state index in [1.165, 1.54) is 11.1 Å². The number of aliphatic hydroxyl groups is 1. The third kappa shape index (κ3) is 5.06. The first-order valence-corrected chi connectivity index (χ1v) is 8.92. The molecule has 0 spiro atoms. The zero-order valence-corrected chi connectivity index (χ0v) is 14.6. The molecular weight excluding hydrogens is 304 g/mol. The summed E-state index contributed by atoms with van der Waals surface area (Å²) in [6, 6.07) is 5.76. The molecule has 2 unspecified atom stereocenters. The quantitative estimate of drug-likeness (QED) is 0.725. The Morgan fingerprint density at radius 2 is 1.88 bits per heavy atom. The fraction of sp³-hybridized carbons (Fsp3) is 0.579. The number of aliphatic hydroxyl groups excluding tert-OH is 1. The lowest BCUT2D eigenvalue weighted by Gasteiger charge is -2.25. The van der Waals surface area contributed by atoms with Crippen molar-refractivity contribution >= 4 is 17.5 Å². The van der Waals surface area contributed by atoms with Crippen LogP contribution in [0, 0.1) is 5.92 Å². The topological polar surface area (TPSA) is 78.4 Å². The maximum absolute atomic E-state index is 12.0. The standard InChI is InChI=1S/C19H28N2O3/c1-3-14-8-9-16(11-15(14)4-2)21-19(24)18(23)20-12-13-6-5-7-17(22)10-13/h8-9,11,13,17,22H,3-7,10,12H2,1-2H3,(H,20,23)(H,21,24). The molecule has 5 nitrogen and oxygen atoms in total. The number of carbonyl (C=O) groups is 2. The molecule has 24 heavy (non-hydrogen) atoms. The van der Waals surface area contributed by atoms with E-state index in [-0.39, 0.29) is 12.0 Å². The van der Waals surface area contributed by atoms with E-state index in [1.807, 2.05) is 18.2 Å². The van der Waals surface area contributed by atoms with Crippen LogP contribution < -0.4 is 10.6 Å². The van der Waals surface area contributed by atoms with Crippen LogP contribution in [0.3, 0.4) is 0 Å². The Balaban J connectivity index is 1.86. The maximum atomic E-state index is 12.0. The van der Waals surface area contributed by atoms with Crippen LogP contribution in [0.25, 0.3) is 0 Å². The lowest BCUT2D eigenvalue weighted by atomic mass is 9.87. The van der Waals surface area contributed by atoms with Crippen molar-refractivity contribution in [2.45, 2.75) is 58.5 Å². The molecule has 0 aromatic heterocycles. The fourth-order valence-electron chi connectivity index (χ4n) is 3.33. The Morgan fingerprint density at radius 3 is 2.54 bits per heavy atom. The van der Waals surface area contributed by atoms with Crippen LogP contribution in [0.4, 0.5) is 5.69 Å². The van der Waals surface area contributed by atoms with Crippen LogP contribution in [0.2, 0.25) is 0 Å². The van der Waals surface area contributed by atoms with Gasteiger partial charge >= 0.3 is 11.8 Å². The number of amides is 2. The second kappa shape index (κ2) is 8.83. The summed E-state index contributed by atoms with van der Waals surface area (Å²) in [5, 5.41) is 15.0. The van der Waals surface area contributed by atoms with E-state index in [9.17, 15) is 14.7 Å². The first kappa shape index (κ1) is 18.5. The summed E-state index contributed by atoms with van der Waals surface area (Å²) in [4.78, 5) is 24.0. The van der Waals surface area contributed by atoms with E-state index in [0.717, 1.165) is 32.1 Å². The van der Waals surface area contributed by atoms with Crippen molar-refractivity contribution in [3.8, 4) is 0 Å². The highest BCUT2D eigenvalue weighted by molar-refractivity contribution is 6.39.